The van der Waals surface area contributed by atoms with Gasteiger partial charge in [-0.25, -0.2) is 0 Å². The molecular formula is C11H15NO. The van der Waals surface area contributed by atoms with Gasteiger partial charge in [0.25, 0.3) is 0 Å². The van der Waals surface area contributed by atoms with Gasteiger partial charge in [-0.15, -0.1) is 0 Å². The van der Waals surface area contributed by atoms with E-state index >= 15 is 0 Å². The van der Waals surface area contributed by atoms with E-state index < -0.39 is 0 Å². The van der Waals surface area contributed by atoms with Gasteiger partial charge in [0.05, 0.1) is 6.04 Å². The summed E-state index contributed by atoms with van der Waals surface area (Å²) in [6, 6.07) is 7.73. The van der Waals surface area contributed by atoms with Crippen molar-refractivity contribution >= 4 is 5.78 Å². The maximum Gasteiger partial charge on any atom is 0.146 e. The van der Waals surface area contributed by atoms with Crippen molar-refractivity contribution in [3.05, 3.63) is 35.4 Å². The van der Waals surface area contributed by atoms with Gasteiger partial charge in [0.15, 0.2) is 0 Å². The van der Waals surface area contributed by atoms with Gasteiger partial charge >= 0.3 is 0 Å². The molecule has 0 amide bonds. The minimum Gasteiger partial charge on any atom is -0.321 e. The molecule has 2 heteroatoms. The highest BCUT2D eigenvalue weighted by Gasteiger charge is 2.07. The summed E-state index contributed by atoms with van der Waals surface area (Å²) in [5.41, 5.74) is 7.98. The van der Waals surface area contributed by atoms with Crippen molar-refractivity contribution in [3.8, 4) is 0 Å². The van der Waals surface area contributed by atoms with Crippen LogP contribution in [0.2, 0.25) is 0 Å². The van der Waals surface area contributed by atoms with Crippen LogP contribution >= 0.6 is 0 Å². The number of nitrogens with two attached hydrogens (primary N) is 1. The summed E-state index contributed by atoms with van der Waals surface area (Å²) < 4.78 is 0. The molecule has 2 nitrogen and oxygen atoms in total. The minimum absolute atomic E-state index is 0.0422. The second-order valence-corrected chi connectivity index (χ2v) is 3.41. The van der Waals surface area contributed by atoms with Crippen molar-refractivity contribution in [3.63, 3.8) is 0 Å². The van der Waals surface area contributed by atoms with Crippen LogP contribution < -0.4 is 5.73 Å². The first-order valence-corrected chi connectivity index (χ1v) is 4.41. The van der Waals surface area contributed by atoms with Crippen LogP contribution in [0.15, 0.2) is 24.3 Å². The maximum atomic E-state index is 10.9. The summed E-state index contributed by atoms with van der Waals surface area (Å²) in [4.78, 5) is 10.9. The second-order valence-electron chi connectivity index (χ2n) is 3.41. The molecule has 0 aliphatic heterocycles. The van der Waals surface area contributed by atoms with Crippen LogP contribution in [0.1, 0.15) is 18.1 Å². The first kappa shape index (κ1) is 9.93. The predicted molar refractivity (Wildman–Crippen MR) is 53.5 cm³/mol. The van der Waals surface area contributed by atoms with Crippen molar-refractivity contribution in [1.29, 1.82) is 0 Å². The number of hydrogen-bond acceptors (Lipinski definition) is 2. The third kappa shape index (κ3) is 2.99. The van der Waals surface area contributed by atoms with E-state index in [9.17, 15) is 4.79 Å². The van der Waals surface area contributed by atoms with Gasteiger partial charge in [-0.2, -0.15) is 0 Å². The molecule has 0 saturated heterocycles. The normalized spacial score (nSPS) is 12.5. The zero-order valence-electron chi connectivity index (χ0n) is 8.08. The number of rotatable bonds is 3. The number of ketones is 1. The van der Waals surface area contributed by atoms with Gasteiger partial charge in [-0.3, -0.25) is 4.79 Å². The van der Waals surface area contributed by atoms with Crippen LogP contribution in [0.3, 0.4) is 0 Å². The molecule has 70 valence electrons. The molecule has 0 aliphatic carbocycles. The summed E-state index contributed by atoms with van der Waals surface area (Å²) in [6.45, 7) is 3.56. The highest BCUT2D eigenvalue weighted by atomic mass is 16.1. The van der Waals surface area contributed by atoms with E-state index in [1.54, 1.807) is 0 Å². The summed E-state index contributed by atoms with van der Waals surface area (Å²) in [6.07, 6.45) is 0.635. The highest BCUT2D eigenvalue weighted by molar-refractivity contribution is 5.81. The van der Waals surface area contributed by atoms with Gasteiger partial charge in [-0.05, 0) is 25.8 Å². The first-order chi connectivity index (χ1) is 6.09. The van der Waals surface area contributed by atoms with Gasteiger partial charge < -0.3 is 5.73 Å². The van der Waals surface area contributed by atoms with E-state index in [-0.39, 0.29) is 11.8 Å². The zero-order chi connectivity index (χ0) is 9.84. The molecule has 0 heterocycles. The minimum atomic E-state index is -0.359. The molecule has 1 atom stereocenters. The molecule has 0 unspecified atom stereocenters. The monoisotopic (exact) mass is 177 g/mol. The molecule has 0 aromatic heterocycles. The van der Waals surface area contributed by atoms with E-state index in [4.69, 9.17) is 5.73 Å². The molecule has 2 N–H and O–H groups in total. The Morgan fingerprint density at radius 3 is 2.38 bits per heavy atom. The molecule has 0 bridgehead atoms. The number of hydrogen-bond donors (Lipinski definition) is 1. The molecular weight excluding hydrogens is 162 g/mol. The topological polar surface area (TPSA) is 43.1 Å². The molecule has 1 aromatic rings. The Balaban J connectivity index is 2.64. The summed E-state index contributed by atoms with van der Waals surface area (Å²) in [7, 11) is 0. The Kier molecular flexibility index (Phi) is 3.20. The Hall–Kier alpha value is -1.15. The van der Waals surface area contributed by atoms with Crippen molar-refractivity contribution in [2.45, 2.75) is 26.3 Å². The lowest BCUT2D eigenvalue weighted by Crippen LogP contribution is -2.30. The van der Waals surface area contributed by atoms with Crippen LogP contribution in [0, 0.1) is 6.92 Å². The lowest BCUT2D eigenvalue weighted by atomic mass is 10.0. The van der Waals surface area contributed by atoms with Crippen molar-refractivity contribution in [2.24, 2.45) is 5.73 Å². The molecule has 1 rings (SSSR count). The molecule has 0 radical (unpaired) electrons. The second kappa shape index (κ2) is 4.19. The third-order valence-electron chi connectivity index (χ3n) is 2.10. The number of Topliss-reactive ketones (excluding diaryl/α,β-unsaturated/α-hetero) is 1. The number of aryl methyl sites for hydroxylation is 1. The fraction of sp³-hybridized carbons (Fsp3) is 0.364. The quantitative estimate of drug-likeness (QED) is 0.759. The summed E-state index contributed by atoms with van der Waals surface area (Å²) in [5.74, 6) is 0.0422. The van der Waals surface area contributed by atoms with Gasteiger partial charge in [0.1, 0.15) is 5.78 Å². The van der Waals surface area contributed by atoms with E-state index in [0.717, 1.165) is 5.56 Å². The SMILES string of the molecule is CC(=O)[C@H](N)Cc1ccc(C)cc1. The van der Waals surface area contributed by atoms with Gasteiger partial charge in [-0.1, -0.05) is 29.8 Å². The highest BCUT2D eigenvalue weighted by Crippen LogP contribution is 2.05. The Labute approximate surface area is 78.8 Å². The Morgan fingerprint density at radius 2 is 1.92 bits per heavy atom. The average Bonchev–Trinajstić information content (AvgIpc) is 2.08. The Bertz CT molecular complexity index is 289. The van der Waals surface area contributed by atoms with E-state index in [1.165, 1.54) is 12.5 Å². The molecule has 0 saturated carbocycles. The number of carbonyl (C=O) groups excluding carboxylic acids is 1. The first-order valence-electron chi connectivity index (χ1n) is 4.41. The van der Waals surface area contributed by atoms with Crippen LogP contribution in [-0.4, -0.2) is 11.8 Å². The summed E-state index contributed by atoms with van der Waals surface area (Å²) in [5, 5.41) is 0. The van der Waals surface area contributed by atoms with Crippen LogP contribution in [0.25, 0.3) is 0 Å². The largest absolute Gasteiger partial charge is 0.321 e. The predicted octanol–water partition coefficient (Wildman–Crippen LogP) is 1.45. The fourth-order valence-corrected chi connectivity index (χ4v) is 1.12. The van der Waals surface area contributed by atoms with E-state index in [2.05, 4.69) is 0 Å². The zero-order valence-corrected chi connectivity index (χ0v) is 8.08. The van der Waals surface area contributed by atoms with E-state index in [1.807, 2.05) is 31.2 Å². The molecule has 13 heavy (non-hydrogen) atoms. The maximum absolute atomic E-state index is 10.9. The molecule has 0 aliphatic rings. The number of benzene rings is 1. The molecule has 1 aromatic carbocycles. The lowest BCUT2D eigenvalue weighted by Gasteiger charge is -2.07. The van der Waals surface area contributed by atoms with Crippen LogP contribution in [-0.2, 0) is 11.2 Å². The van der Waals surface area contributed by atoms with Crippen molar-refractivity contribution in [2.75, 3.05) is 0 Å². The number of carbonyl (C=O) groups is 1. The molecule has 0 fully saturated rings. The standard InChI is InChI=1S/C11H15NO/c1-8-3-5-10(6-4-8)7-11(12)9(2)13/h3-6,11H,7,12H2,1-2H3/t11-/m1/s1. The van der Waals surface area contributed by atoms with Crippen molar-refractivity contribution < 1.29 is 4.79 Å². The van der Waals surface area contributed by atoms with Gasteiger partial charge in [0, 0.05) is 0 Å². The fourth-order valence-electron chi connectivity index (χ4n) is 1.12. The Morgan fingerprint density at radius 1 is 1.38 bits per heavy atom. The van der Waals surface area contributed by atoms with Crippen LogP contribution in [0.4, 0.5) is 0 Å². The van der Waals surface area contributed by atoms with E-state index in [0.29, 0.717) is 6.42 Å². The molecule has 0 spiro atoms. The van der Waals surface area contributed by atoms with Gasteiger partial charge in [0.2, 0.25) is 0 Å². The van der Waals surface area contributed by atoms with Crippen LogP contribution in [0.5, 0.6) is 0 Å². The van der Waals surface area contributed by atoms with Crippen molar-refractivity contribution in [1.82, 2.24) is 0 Å². The smallest absolute Gasteiger partial charge is 0.146 e. The summed E-state index contributed by atoms with van der Waals surface area (Å²) >= 11 is 0. The third-order valence-corrected chi connectivity index (χ3v) is 2.10. The average molecular weight is 177 g/mol. The lowest BCUT2D eigenvalue weighted by molar-refractivity contribution is -0.118.